The van der Waals surface area contributed by atoms with E-state index >= 15 is 0 Å². The van der Waals surface area contributed by atoms with Gasteiger partial charge in [-0.3, -0.25) is 4.79 Å². The Kier molecular flexibility index (Phi) is 5.77. The predicted molar refractivity (Wildman–Crippen MR) is 99.7 cm³/mol. The lowest BCUT2D eigenvalue weighted by Gasteiger charge is -2.02. The first kappa shape index (κ1) is 17.6. The van der Waals surface area contributed by atoms with Crippen molar-refractivity contribution in [3.05, 3.63) is 35.2 Å². The highest BCUT2D eigenvalue weighted by Crippen LogP contribution is 2.25. The summed E-state index contributed by atoms with van der Waals surface area (Å²) in [6, 6.07) is 8.40. The summed E-state index contributed by atoms with van der Waals surface area (Å²) >= 11 is 2.70. The standard InChI is InChI=1S/C16H18N6OS2/c1-3-4-11-5-7-12(8-6-11)13-9-24-15(17-13)18-14(23)10-25-16-19-20-21-22(16)2/h5-9H,3-4,10H2,1-2H3,(H,17,18,23). The summed E-state index contributed by atoms with van der Waals surface area (Å²) in [5.41, 5.74) is 3.25. The van der Waals surface area contributed by atoms with Gasteiger partial charge < -0.3 is 5.32 Å². The number of carbonyl (C=O) groups is 1. The molecule has 9 heteroatoms. The minimum absolute atomic E-state index is 0.132. The number of tetrazole rings is 1. The van der Waals surface area contributed by atoms with Crippen LogP contribution in [0.4, 0.5) is 5.13 Å². The number of hydrogen-bond acceptors (Lipinski definition) is 7. The number of hydrogen-bond donors (Lipinski definition) is 1. The molecule has 2 aromatic heterocycles. The van der Waals surface area contributed by atoms with Gasteiger partial charge in [0.25, 0.3) is 0 Å². The van der Waals surface area contributed by atoms with Crippen LogP contribution in [0.3, 0.4) is 0 Å². The highest BCUT2D eigenvalue weighted by molar-refractivity contribution is 7.99. The van der Waals surface area contributed by atoms with Gasteiger partial charge in [0, 0.05) is 18.0 Å². The van der Waals surface area contributed by atoms with Gasteiger partial charge in [-0.1, -0.05) is 49.4 Å². The number of rotatable bonds is 7. The zero-order valence-corrected chi connectivity index (χ0v) is 15.6. The molecule has 0 spiro atoms. The Morgan fingerprint density at radius 1 is 1.32 bits per heavy atom. The van der Waals surface area contributed by atoms with E-state index in [1.807, 2.05) is 5.38 Å². The maximum atomic E-state index is 12.0. The first-order chi connectivity index (χ1) is 12.2. The van der Waals surface area contributed by atoms with Gasteiger partial charge in [-0.05, 0) is 22.4 Å². The number of nitrogens with one attached hydrogen (secondary N) is 1. The minimum Gasteiger partial charge on any atom is -0.301 e. The molecule has 2 heterocycles. The quantitative estimate of drug-likeness (QED) is 0.640. The zero-order valence-electron chi connectivity index (χ0n) is 14.0. The molecular formula is C16H18N6OS2. The third-order valence-electron chi connectivity index (χ3n) is 3.45. The molecule has 1 amide bonds. The SMILES string of the molecule is CCCc1ccc(-c2csc(NC(=O)CSc3nnnn3C)n2)cc1. The van der Waals surface area contributed by atoms with E-state index in [1.54, 1.807) is 7.05 Å². The third-order valence-corrected chi connectivity index (χ3v) is 5.22. The van der Waals surface area contributed by atoms with Gasteiger partial charge in [-0.15, -0.1) is 16.4 Å². The summed E-state index contributed by atoms with van der Waals surface area (Å²) in [4.78, 5) is 16.5. The number of benzene rings is 1. The summed E-state index contributed by atoms with van der Waals surface area (Å²) in [5.74, 6) is 0.0988. The maximum absolute atomic E-state index is 12.0. The van der Waals surface area contributed by atoms with Crippen LogP contribution in [0.5, 0.6) is 0 Å². The lowest BCUT2D eigenvalue weighted by molar-refractivity contribution is -0.113. The van der Waals surface area contributed by atoms with Crippen molar-refractivity contribution in [1.29, 1.82) is 0 Å². The Morgan fingerprint density at radius 2 is 2.12 bits per heavy atom. The monoisotopic (exact) mass is 374 g/mol. The first-order valence-electron chi connectivity index (χ1n) is 7.85. The maximum Gasteiger partial charge on any atom is 0.236 e. The van der Waals surface area contributed by atoms with E-state index in [1.165, 1.54) is 33.3 Å². The van der Waals surface area contributed by atoms with Gasteiger partial charge in [-0.25, -0.2) is 9.67 Å². The number of thiazole rings is 1. The predicted octanol–water partition coefficient (Wildman–Crippen LogP) is 3.02. The van der Waals surface area contributed by atoms with Gasteiger partial charge in [-0.2, -0.15) is 0 Å². The Morgan fingerprint density at radius 3 is 2.80 bits per heavy atom. The van der Waals surface area contributed by atoms with E-state index in [2.05, 4.69) is 57.0 Å². The molecule has 0 aliphatic carbocycles. The largest absolute Gasteiger partial charge is 0.301 e. The molecule has 0 aliphatic heterocycles. The van der Waals surface area contributed by atoms with Crippen molar-refractivity contribution in [2.24, 2.45) is 7.05 Å². The third kappa shape index (κ3) is 4.64. The number of aromatic nitrogens is 5. The lowest BCUT2D eigenvalue weighted by Crippen LogP contribution is -2.14. The van der Waals surface area contributed by atoms with E-state index in [-0.39, 0.29) is 11.7 Å². The molecule has 25 heavy (non-hydrogen) atoms. The summed E-state index contributed by atoms with van der Waals surface area (Å²) in [6.45, 7) is 2.17. The fourth-order valence-electron chi connectivity index (χ4n) is 2.22. The lowest BCUT2D eigenvalue weighted by atomic mass is 10.1. The fraction of sp³-hybridized carbons (Fsp3) is 0.312. The van der Waals surface area contributed by atoms with Crippen LogP contribution in [0.15, 0.2) is 34.8 Å². The molecule has 1 N–H and O–H groups in total. The Labute approximate surface area is 153 Å². The van der Waals surface area contributed by atoms with E-state index in [0.717, 1.165) is 24.1 Å². The van der Waals surface area contributed by atoms with Gasteiger partial charge in [0.05, 0.1) is 11.4 Å². The van der Waals surface area contributed by atoms with E-state index in [4.69, 9.17) is 0 Å². The minimum atomic E-state index is -0.132. The van der Waals surface area contributed by atoms with E-state index in [9.17, 15) is 4.79 Å². The summed E-state index contributed by atoms with van der Waals surface area (Å²) < 4.78 is 1.53. The molecule has 0 atom stereocenters. The molecule has 3 rings (SSSR count). The van der Waals surface area contributed by atoms with Crippen LogP contribution in [0.25, 0.3) is 11.3 Å². The second kappa shape index (κ2) is 8.21. The van der Waals surface area contributed by atoms with Crippen LogP contribution < -0.4 is 5.32 Å². The number of nitrogens with zero attached hydrogens (tertiary/aromatic N) is 5. The molecule has 1 aromatic carbocycles. The van der Waals surface area contributed by atoms with Crippen LogP contribution in [0.1, 0.15) is 18.9 Å². The molecule has 0 saturated carbocycles. The second-order valence-corrected chi connectivity index (χ2v) is 7.21. The Balaban J connectivity index is 1.57. The molecule has 3 aromatic rings. The van der Waals surface area contributed by atoms with Crippen molar-refractivity contribution < 1.29 is 4.79 Å². The molecule has 0 saturated heterocycles. The fourth-order valence-corrected chi connectivity index (χ4v) is 3.61. The molecule has 130 valence electrons. The number of amides is 1. The molecular weight excluding hydrogens is 356 g/mol. The van der Waals surface area contributed by atoms with E-state index in [0.29, 0.717) is 10.3 Å². The number of thioether (sulfide) groups is 1. The van der Waals surface area contributed by atoms with Gasteiger partial charge in [0.2, 0.25) is 11.1 Å². The Bertz CT molecular complexity index is 842. The van der Waals surface area contributed by atoms with E-state index < -0.39 is 0 Å². The molecule has 0 bridgehead atoms. The smallest absolute Gasteiger partial charge is 0.236 e. The van der Waals surface area contributed by atoms with Gasteiger partial charge in [0.1, 0.15) is 0 Å². The normalized spacial score (nSPS) is 10.8. The molecule has 0 unspecified atom stereocenters. The molecule has 7 nitrogen and oxygen atoms in total. The van der Waals surface area contributed by atoms with Gasteiger partial charge >= 0.3 is 0 Å². The summed E-state index contributed by atoms with van der Waals surface area (Å²) in [5, 5.41) is 17.1. The average Bonchev–Trinajstić information content (AvgIpc) is 3.23. The summed E-state index contributed by atoms with van der Waals surface area (Å²) in [6.07, 6.45) is 2.21. The molecule has 0 fully saturated rings. The van der Waals surface area contributed by atoms with Crippen LogP contribution in [-0.2, 0) is 18.3 Å². The van der Waals surface area contributed by atoms with Gasteiger partial charge in [0.15, 0.2) is 5.13 Å². The van der Waals surface area contributed by atoms with Crippen molar-refractivity contribution in [3.8, 4) is 11.3 Å². The highest BCUT2D eigenvalue weighted by Gasteiger charge is 2.11. The molecule has 0 radical (unpaired) electrons. The number of anilines is 1. The topological polar surface area (TPSA) is 85.6 Å². The molecule has 0 aliphatic rings. The van der Waals surface area contributed by atoms with Crippen molar-refractivity contribution in [2.45, 2.75) is 24.9 Å². The van der Waals surface area contributed by atoms with Crippen molar-refractivity contribution in [3.63, 3.8) is 0 Å². The summed E-state index contributed by atoms with van der Waals surface area (Å²) in [7, 11) is 1.74. The Hall–Kier alpha value is -2.26. The van der Waals surface area contributed by atoms with Crippen LogP contribution >= 0.6 is 23.1 Å². The second-order valence-electron chi connectivity index (χ2n) is 5.41. The van der Waals surface area contributed by atoms with Crippen LogP contribution in [0.2, 0.25) is 0 Å². The first-order valence-corrected chi connectivity index (χ1v) is 9.72. The van der Waals surface area contributed by atoms with Crippen LogP contribution in [0, 0.1) is 0 Å². The zero-order chi connectivity index (χ0) is 17.6. The van der Waals surface area contributed by atoms with Crippen molar-refractivity contribution >= 4 is 34.1 Å². The average molecular weight is 374 g/mol. The van der Waals surface area contributed by atoms with Crippen LogP contribution in [-0.4, -0.2) is 36.9 Å². The number of carbonyl (C=O) groups excluding carboxylic acids is 1. The highest BCUT2D eigenvalue weighted by atomic mass is 32.2. The number of aryl methyl sites for hydroxylation is 2. The van der Waals surface area contributed by atoms with Crippen molar-refractivity contribution in [1.82, 2.24) is 25.2 Å². The van der Waals surface area contributed by atoms with Crippen molar-refractivity contribution in [2.75, 3.05) is 11.1 Å².